The summed E-state index contributed by atoms with van der Waals surface area (Å²) in [4.78, 5) is 39.2. The van der Waals surface area contributed by atoms with Gasteiger partial charge < -0.3 is 10.2 Å². The van der Waals surface area contributed by atoms with E-state index in [-0.39, 0.29) is 48.5 Å². The van der Waals surface area contributed by atoms with Crippen molar-refractivity contribution in [1.82, 2.24) is 15.1 Å². The van der Waals surface area contributed by atoms with E-state index in [1.807, 2.05) is 0 Å². The standard InChI is InChI=1S/C17H21N3O5S/c1-19(12-7-10-26(24,25)11-12)17(23)18-8-4-9-20-15(21)13-5-2-3-6-14(13)16(20)22/h2-3,5-6,12H,4,7-11H2,1H3,(H,18,23). The predicted molar refractivity (Wildman–Crippen MR) is 94.6 cm³/mol. The summed E-state index contributed by atoms with van der Waals surface area (Å²) >= 11 is 0. The van der Waals surface area contributed by atoms with Crippen molar-refractivity contribution in [2.75, 3.05) is 31.6 Å². The fraction of sp³-hybridized carbons (Fsp3) is 0.471. The molecule has 1 atom stereocenters. The molecule has 26 heavy (non-hydrogen) atoms. The summed E-state index contributed by atoms with van der Waals surface area (Å²) < 4.78 is 23.0. The zero-order valence-corrected chi connectivity index (χ0v) is 15.3. The minimum absolute atomic E-state index is 0.00798. The van der Waals surface area contributed by atoms with Gasteiger partial charge in [0.1, 0.15) is 0 Å². The molecule has 0 radical (unpaired) electrons. The number of urea groups is 1. The van der Waals surface area contributed by atoms with Crippen molar-refractivity contribution in [3.8, 4) is 0 Å². The number of sulfone groups is 1. The average molecular weight is 379 g/mol. The largest absolute Gasteiger partial charge is 0.338 e. The van der Waals surface area contributed by atoms with Gasteiger partial charge in [-0.1, -0.05) is 12.1 Å². The monoisotopic (exact) mass is 379 g/mol. The van der Waals surface area contributed by atoms with E-state index in [1.165, 1.54) is 9.80 Å². The number of hydrogen-bond acceptors (Lipinski definition) is 5. The number of benzene rings is 1. The summed E-state index contributed by atoms with van der Waals surface area (Å²) in [7, 11) is -1.48. The minimum atomic E-state index is -3.05. The van der Waals surface area contributed by atoms with Crippen LogP contribution in [-0.4, -0.2) is 73.7 Å². The van der Waals surface area contributed by atoms with Gasteiger partial charge in [0.25, 0.3) is 11.8 Å². The lowest BCUT2D eigenvalue weighted by molar-refractivity contribution is 0.0653. The maximum Gasteiger partial charge on any atom is 0.317 e. The molecule has 3 rings (SSSR count). The molecule has 0 saturated carbocycles. The normalized spacial score (nSPS) is 21.0. The molecular formula is C17H21N3O5S. The van der Waals surface area contributed by atoms with Crippen LogP contribution in [-0.2, 0) is 9.84 Å². The molecule has 1 unspecified atom stereocenters. The second kappa shape index (κ2) is 7.06. The summed E-state index contributed by atoms with van der Waals surface area (Å²) in [6, 6.07) is 6.02. The lowest BCUT2D eigenvalue weighted by atomic mass is 10.1. The van der Waals surface area contributed by atoms with Crippen molar-refractivity contribution in [3.05, 3.63) is 35.4 Å². The summed E-state index contributed by atoms with van der Waals surface area (Å²) in [5.74, 6) is -0.531. The maximum absolute atomic E-state index is 12.2. The Morgan fingerprint density at radius 3 is 2.38 bits per heavy atom. The highest BCUT2D eigenvalue weighted by Crippen LogP contribution is 2.22. The Hall–Kier alpha value is -2.42. The van der Waals surface area contributed by atoms with E-state index >= 15 is 0 Å². The van der Waals surface area contributed by atoms with Crippen LogP contribution in [0.5, 0.6) is 0 Å². The number of nitrogens with one attached hydrogen (secondary N) is 1. The van der Waals surface area contributed by atoms with Crippen LogP contribution in [0.1, 0.15) is 33.6 Å². The molecule has 140 valence electrons. The summed E-state index contributed by atoms with van der Waals surface area (Å²) in [5.41, 5.74) is 0.812. The number of hydrogen-bond donors (Lipinski definition) is 1. The molecule has 2 aliphatic heterocycles. The minimum Gasteiger partial charge on any atom is -0.338 e. The van der Waals surface area contributed by atoms with Crippen molar-refractivity contribution in [1.29, 1.82) is 0 Å². The van der Waals surface area contributed by atoms with Crippen LogP contribution in [0.2, 0.25) is 0 Å². The van der Waals surface area contributed by atoms with Gasteiger partial charge in [-0.2, -0.15) is 0 Å². The first kappa shape index (κ1) is 18.4. The van der Waals surface area contributed by atoms with Gasteiger partial charge in [0, 0.05) is 26.2 Å². The Morgan fingerprint density at radius 1 is 1.23 bits per heavy atom. The summed E-state index contributed by atoms with van der Waals surface area (Å²) in [6.07, 6.45) is 0.870. The third-order valence-electron chi connectivity index (χ3n) is 4.79. The van der Waals surface area contributed by atoms with Gasteiger partial charge in [-0.05, 0) is 25.0 Å². The van der Waals surface area contributed by atoms with E-state index in [2.05, 4.69) is 5.32 Å². The van der Waals surface area contributed by atoms with E-state index < -0.39 is 9.84 Å². The van der Waals surface area contributed by atoms with Gasteiger partial charge in [-0.15, -0.1) is 0 Å². The maximum atomic E-state index is 12.2. The van der Waals surface area contributed by atoms with E-state index in [1.54, 1.807) is 31.3 Å². The lowest BCUT2D eigenvalue weighted by Gasteiger charge is -2.24. The van der Waals surface area contributed by atoms with Crippen molar-refractivity contribution in [3.63, 3.8) is 0 Å². The molecule has 8 nitrogen and oxygen atoms in total. The van der Waals surface area contributed by atoms with Crippen molar-refractivity contribution in [2.45, 2.75) is 18.9 Å². The molecular weight excluding hydrogens is 358 g/mol. The zero-order valence-electron chi connectivity index (χ0n) is 14.5. The van der Waals surface area contributed by atoms with E-state index in [4.69, 9.17) is 0 Å². The Labute approximate surface area is 152 Å². The van der Waals surface area contributed by atoms with E-state index in [0.29, 0.717) is 24.0 Å². The SMILES string of the molecule is CN(C(=O)NCCCN1C(=O)c2ccccc2C1=O)C1CCS(=O)(=O)C1. The van der Waals surface area contributed by atoms with Gasteiger partial charge in [-0.3, -0.25) is 14.5 Å². The van der Waals surface area contributed by atoms with Crippen molar-refractivity contribution in [2.24, 2.45) is 0 Å². The Bertz CT molecular complexity index is 817. The first-order valence-corrected chi connectivity index (χ1v) is 10.3. The highest BCUT2D eigenvalue weighted by Gasteiger charge is 2.35. The van der Waals surface area contributed by atoms with Crippen LogP contribution in [0, 0.1) is 0 Å². The molecule has 0 spiro atoms. The molecule has 0 aromatic heterocycles. The lowest BCUT2D eigenvalue weighted by Crippen LogP contribution is -2.45. The molecule has 1 saturated heterocycles. The number of amides is 4. The average Bonchev–Trinajstić information content (AvgIpc) is 3.10. The van der Waals surface area contributed by atoms with Crippen LogP contribution in [0.15, 0.2) is 24.3 Å². The third kappa shape index (κ3) is 3.57. The van der Waals surface area contributed by atoms with Crippen LogP contribution in [0.25, 0.3) is 0 Å². The highest BCUT2D eigenvalue weighted by atomic mass is 32.2. The Balaban J connectivity index is 1.45. The number of fused-ring (bicyclic) bond motifs is 1. The third-order valence-corrected chi connectivity index (χ3v) is 6.54. The second-order valence-corrected chi connectivity index (χ2v) is 8.79. The number of carbonyl (C=O) groups excluding carboxylic acids is 3. The van der Waals surface area contributed by atoms with Crippen LogP contribution in [0.4, 0.5) is 4.79 Å². The molecule has 1 aromatic rings. The van der Waals surface area contributed by atoms with Crippen molar-refractivity contribution >= 4 is 27.7 Å². The molecule has 0 bridgehead atoms. The van der Waals surface area contributed by atoms with Crippen molar-refractivity contribution < 1.29 is 22.8 Å². The second-order valence-electron chi connectivity index (χ2n) is 6.56. The summed E-state index contributed by atoms with van der Waals surface area (Å²) in [6.45, 7) is 0.504. The van der Waals surface area contributed by atoms with Crippen LogP contribution < -0.4 is 5.32 Å². The number of nitrogens with zero attached hydrogens (tertiary/aromatic N) is 2. The zero-order chi connectivity index (χ0) is 18.9. The van der Waals surface area contributed by atoms with Gasteiger partial charge in [0.2, 0.25) is 0 Å². The van der Waals surface area contributed by atoms with E-state index in [9.17, 15) is 22.8 Å². The fourth-order valence-electron chi connectivity index (χ4n) is 3.25. The van der Waals surface area contributed by atoms with Gasteiger partial charge in [0.15, 0.2) is 9.84 Å². The Morgan fingerprint density at radius 2 is 1.85 bits per heavy atom. The Kier molecular flexibility index (Phi) is 4.99. The smallest absolute Gasteiger partial charge is 0.317 e. The number of imide groups is 1. The van der Waals surface area contributed by atoms with Gasteiger partial charge >= 0.3 is 6.03 Å². The molecule has 2 heterocycles. The molecule has 9 heteroatoms. The first-order valence-electron chi connectivity index (χ1n) is 8.46. The summed E-state index contributed by atoms with van der Waals surface area (Å²) in [5, 5.41) is 2.70. The molecule has 4 amide bonds. The quantitative estimate of drug-likeness (QED) is 0.593. The van der Waals surface area contributed by atoms with E-state index in [0.717, 1.165) is 0 Å². The molecule has 1 N–H and O–H groups in total. The molecule has 1 fully saturated rings. The molecule has 2 aliphatic rings. The first-order chi connectivity index (χ1) is 12.3. The van der Waals surface area contributed by atoms with Gasteiger partial charge in [0.05, 0.1) is 22.6 Å². The predicted octanol–water partition coefficient (Wildman–Crippen LogP) is 0.501. The fourth-order valence-corrected chi connectivity index (χ4v) is 5.02. The molecule has 1 aromatic carbocycles. The number of carbonyl (C=O) groups is 3. The van der Waals surface area contributed by atoms with Gasteiger partial charge in [-0.25, -0.2) is 13.2 Å². The topological polar surface area (TPSA) is 104 Å². The molecule has 0 aliphatic carbocycles. The highest BCUT2D eigenvalue weighted by molar-refractivity contribution is 7.91. The van der Waals surface area contributed by atoms with Crippen LogP contribution in [0.3, 0.4) is 0 Å². The number of rotatable bonds is 5. The van der Waals surface area contributed by atoms with Crippen LogP contribution >= 0.6 is 0 Å².